The van der Waals surface area contributed by atoms with Crippen LogP contribution in [0, 0.1) is 18.3 Å². The predicted octanol–water partition coefficient (Wildman–Crippen LogP) is 4.72. The minimum Gasteiger partial charge on any atom is -0.479 e. The zero-order chi connectivity index (χ0) is 15.2. The van der Waals surface area contributed by atoms with Crippen LogP contribution in [0.4, 0.5) is 5.69 Å². The van der Waals surface area contributed by atoms with Gasteiger partial charge in [-0.25, -0.2) is 0 Å². The van der Waals surface area contributed by atoms with Crippen molar-refractivity contribution < 1.29 is 4.74 Å². The molecule has 2 aromatic rings. The lowest BCUT2D eigenvalue weighted by molar-refractivity contribution is 0.368. The van der Waals surface area contributed by atoms with Crippen molar-refractivity contribution in [2.24, 2.45) is 0 Å². The van der Waals surface area contributed by atoms with Crippen molar-refractivity contribution >= 4 is 17.3 Å². The highest BCUT2D eigenvalue weighted by molar-refractivity contribution is 6.33. The molecule has 0 aliphatic carbocycles. The van der Waals surface area contributed by atoms with E-state index in [1.807, 2.05) is 55.5 Å². The van der Waals surface area contributed by atoms with Gasteiger partial charge in [0.1, 0.15) is 11.8 Å². The van der Waals surface area contributed by atoms with Gasteiger partial charge in [-0.15, -0.1) is 0 Å². The Balaban J connectivity index is 2.08. The van der Waals surface area contributed by atoms with Crippen molar-refractivity contribution in [2.45, 2.75) is 19.9 Å². The molecule has 1 N–H and O–H groups in total. The minimum absolute atomic E-state index is 0.0616. The van der Waals surface area contributed by atoms with Gasteiger partial charge >= 0.3 is 0 Å². The number of benzene rings is 2. The Labute approximate surface area is 130 Å². The molecule has 0 saturated carbocycles. The maximum atomic E-state index is 8.49. The van der Waals surface area contributed by atoms with Crippen LogP contribution in [0.25, 0.3) is 0 Å². The Morgan fingerprint density at radius 2 is 1.95 bits per heavy atom. The second-order valence-corrected chi connectivity index (χ2v) is 5.27. The number of aryl methyl sites for hydroxylation is 1. The molecule has 0 heterocycles. The molecule has 1 unspecified atom stereocenters. The second kappa shape index (κ2) is 7.01. The Morgan fingerprint density at radius 1 is 1.24 bits per heavy atom. The zero-order valence-corrected chi connectivity index (χ0v) is 12.8. The smallest absolute Gasteiger partial charge is 0.174 e. The zero-order valence-electron chi connectivity index (χ0n) is 12.1. The van der Waals surface area contributed by atoms with Gasteiger partial charge in [-0.1, -0.05) is 29.8 Å². The summed E-state index contributed by atoms with van der Waals surface area (Å²) >= 11 is 6.20. The molecule has 0 aromatic heterocycles. The normalized spacial score (nSPS) is 11.5. The molecule has 1 atom stereocenters. The first-order valence-electron chi connectivity index (χ1n) is 6.72. The Kier molecular flexibility index (Phi) is 5.08. The molecule has 0 aliphatic rings. The van der Waals surface area contributed by atoms with E-state index in [2.05, 4.69) is 12.2 Å². The maximum Gasteiger partial charge on any atom is 0.174 e. The molecule has 0 saturated heterocycles. The van der Waals surface area contributed by atoms with E-state index in [1.54, 1.807) is 0 Å². The monoisotopic (exact) mass is 300 g/mol. The van der Waals surface area contributed by atoms with Gasteiger partial charge in [0, 0.05) is 6.04 Å². The number of nitriles is 1. The molecule has 108 valence electrons. The molecule has 0 bridgehead atoms. The number of rotatable bonds is 5. The van der Waals surface area contributed by atoms with Crippen LogP contribution in [0.1, 0.15) is 24.1 Å². The fraction of sp³-hybridized carbons (Fsp3) is 0.235. The summed E-state index contributed by atoms with van der Waals surface area (Å²) < 4.78 is 5.24. The molecule has 3 nitrogen and oxygen atoms in total. The van der Waals surface area contributed by atoms with Crippen LogP contribution in [0.3, 0.4) is 0 Å². The topological polar surface area (TPSA) is 45.0 Å². The van der Waals surface area contributed by atoms with Crippen molar-refractivity contribution in [1.29, 1.82) is 5.26 Å². The lowest BCUT2D eigenvalue weighted by atomic mass is 10.1. The van der Waals surface area contributed by atoms with Gasteiger partial charge in [0.2, 0.25) is 0 Å². The van der Waals surface area contributed by atoms with Crippen molar-refractivity contribution in [3.8, 4) is 11.8 Å². The van der Waals surface area contributed by atoms with Crippen LogP contribution >= 0.6 is 11.6 Å². The van der Waals surface area contributed by atoms with Crippen LogP contribution in [0.5, 0.6) is 5.75 Å². The summed E-state index contributed by atoms with van der Waals surface area (Å²) in [4.78, 5) is 0. The number of hydrogen-bond donors (Lipinski definition) is 1. The van der Waals surface area contributed by atoms with Gasteiger partial charge in [0.25, 0.3) is 0 Å². The van der Waals surface area contributed by atoms with E-state index in [-0.39, 0.29) is 12.6 Å². The molecule has 2 rings (SSSR count). The Bertz CT molecular complexity index is 647. The lowest BCUT2D eigenvalue weighted by Crippen LogP contribution is -2.07. The lowest BCUT2D eigenvalue weighted by Gasteiger charge is -2.17. The summed E-state index contributed by atoms with van der Waals surface area (Å²) in [6, 6.07) is 15.7. The van der Waals surface area contributed by atoms with E-state index in [0.29, 0.717) is 10.8 Å². The second-order valence-electron chi connectivity index (χ2n) is 4.87. The first-order chi connectivity index (χ1) is 10.1. The van der Waals surface area contributed by atoms with Crippen LogP contribution in [0.2, 0.25) is 5.02 Å². The third kappa shape index (κ3) is 4.14. The molecule has 4 heteroatoms. The summed E-state index contributed by atoms with van der Waals surface area (Å²) in [7, 11) is 0. The third-order valence-electron chi connectivity index (χ3n) is 3.18. The summed E-state index contributed by atoms with van der Waals surface area (Å²) in [5.41, 5.74) is 3.21. The standard InChI is InChI=1S/C17H17ClN2O/c1-12-3-8-16(18)17(11-12)20-13(2)14-4-6-15(7-5-14)21-10-9-19/h3-8,11,13,20H,10H2,1-2H3. The number of hydrogen-bond acceptors (Lipinski definition) is 3. The SMILES string of the molecule is Cc1ccc(Cl)c(NC(C)c2ccc(OCC#N)cc2)c1. The van der Waals surface area contributed by atoms with E-state index < -0.39 is 0 Å². The minimum atomic E-state index is 0.0616. The largest absolute Gasteiger partial charge is 0.479 e. The Morgan fingerprint density at radius 3 is 2.62 bits per heavy atom. The molecule has 2 aromatic carbocycles. The van der Waals surface area contributed by atoms with Crippen molar-refractivity contribution in [3.05, 3.63) is 58.6 Å². The van der Waals surface area contributed by atoms with E-state index in [1.165, 1.54) is 0 Å². The highest BCUT2D eigenvalue weighted by Crippen LogP contribution is 2.27. The molecule has 0 spiro atoms. The van der Waals surface area contributed by atoms with Gasteiger partial charge in [0.15, 0.2) is 6.61 Å². The quantitative estimate of drug-likeness (QED) is 0.868. The third-order valence-corrected chi connectivity index (χ3v) is 3.51. The van der Waals surface area contributed by atoms with Crippen LogP contribution in [0.15, 0.2) is 42.5 Å². The molecular formula is C17H17ClN2O. The van der Waals surface area contributed by atoms with Crippen molar-refractivity contribution in [1.82, 2.24) is 0 Å². The molecule has 0 radical (unpaired) electrons. The van der Waals surface area contributed by atoms with E-state index in [4.69, 9.17) is 21.6 Å². The van der Waals surface area contributed by atoms with E-state index in [9.17, 15) is 0 Å². The average Bonchev–Trinajstić information content (AvgIpc) is 2.49. The summed E-state index contributed by atoms with van der Waals surface area (Å²) in [5, 5.41) is 12.6. The predicted molar refractivity (Wildman–Crippen MR) is 85.8 cm³/mol. The summed E-state index contributed by atoms with van der Waals surface area (Å²) in [6.07, 6.45) is 0. The first kappa shape index (κ1) is 15.2. The molecular weight excluding hydrogens is 284 g/mol. The summed E-state index contributed by atoms with van der Waals surface area (Å²) in [5.74, 6) is 0.695. The highest BCUT2D eigenvalue weighted by atomic mass is 35.5. The Hall–Kier alpha value is -2.18. The van der Waals surface area contributed by atoms with Gasteiger partial charge < -0.3 is 10.1 Å². The fourth-order valence-electron chi connectivity index (χ4n) is 2.03. The molecule has 0 aliphatic heterocycles. The number of ether oxygens (including phenoxy) is 1. The van der Waals surface area contributed by atoms with Crippen molar-refractivity contribution in [2.75, 3.05) is 11.9 Å². The van der Waals surface area contributed by atoms with Gasteiger partial charge in [0.05, 0.1) is 10.7 Å². The van der Waals surface area contributed by atoms with E-state index in [0.717, 1.165) is 16.8 Å². The van der Waals surface area contributed by atoms with Crippen LogP contribution in [-0.4, -0.2) is 6.61 Å². The van der Waals surface area contributed by atoms with Gasteiger partial charge in [-0.05, 0) is 49.2 Å². The maximum absolute atomic E-state index is 8.49. The molecule has 0 amide bonds. The molecule has 0 fully saturated rings. The van der Waals surface area contributed by atoms with Crippen LogP contribution in [-0.2, 0) is 0 Å². The number of nitrogens with zero attached hydrogens (tertiary/aromatic N) is 1. The van der Waals surface area contributed by atoms with Crippen LogP contribution < -0.4 is 10.1 Å². The van der Waals surface area contributed by atoms with E-state index >= 15 is 0 Å². The number of anilines is 1. The van der Waals surface area contributed by atoms with Gasteiger partial charge in [-0.2, -0.15) is 5.26 Å². The number of halogens is 1. The fourth-order valence-corrected chi connectivity index (χ4v) is 2.21. The number of nitrogens with one attached hydrogen (secondary N) is 1. The molecule has 21 heavy (non-hydrogen) atoms. The summed E-state index contributed by atoms with van der Waals surface area (Å²) in [6.45, 7) is 4.17. The first-order valence-corrected chi connectivity index (χ1v) is 7.10. The average molecular weight is 301 g/mol. The van der Waals surface area contributed by atoms with Crippen molar-refractivity contribution in [3.63, 3.8) is 0 Å². The highest BCUT2D eigenvalue weighted by Gasteiger charge is 2.08. The van der Waals surface area contributed by atoms with Gasteiger partial charge in [-0.3, -0.25) is 0 Å².